The van der Waals surface area contributed by atoms with Crippen LogP contribution in [-0.4, -0.2) is 30.4 Å². The van der Waals surface area contributed by atoms with Crippen LogP contribution in [0.3, 0.4) is 0 Å². The van der Waals surface area contributed by atoms with Crippen molar-refractivity contribution < 1.29 is 12.8 Å². The molecular weight excluding hydrogens is 413 g/mol. The minimum atomic E-state index is -3.59. The summed E-state index contributed by atoms with van der Waals surface area (Å²) in [5.41, 5.74) is 2.26. The zero-order chi connectivity index (χ0) is 20.2. The van der Waals surface area contributed by atoms with Crippen LogP contribution in [0.25, 0.3) is 5.69 Å². The molecule has 3 aromatic rings. The number of piperidine rings is 1. The Balaban J connectivity index is 1.45. The number of hydrogen-bond acceptors (Lipinski definition) is 3. The minimum Gasteiger partial charge on any atom is -0.372 e. The van der Waals surface area contributed by atoms with Crippen LogP contribution in [0.15, 0.2) is 65.7 Å². The van der Waals surface area contributed by atoms with E-state index < -0.39 is 15.6 Å². The largest absolute Gasteiger partial charge is 0.372 e. The summed E-state index contributed by atoms with van der Waals surface area (Å²) in [5.74, 6) is -0.301. The Kier molecular flexibility index (Phi) is 4.24. The second-order valence-electron chi connectivity index (χ2n) is 7.49. The van der Waals surface area contributed by atoms with E-state index in [1.807, 2.05) is 18.3 Å². The van der Waals surface area contributed by atoms with Gasteiger partial charge >= 0.3 is 0 Å². The number of benzene rings is 2. The Morgan fingerprint density at radius 2 is 1.76 bits per heavy atom. The number of sulfonamides is 1. The first kappa shape index (κ1) is 18.7. The van der Waals surface area contributed by atoms with Crippen LogP contribution in [0.2, 0.25) is 5.02 Å². The first-order valence-corrected chi connectivity index (χ1v) is 11.2. The Bertz CT molecular complexity index is 1180. The maximum absolute atomic E-state index is 13.8. The highest BCUT2D eigenvalue weighted by molar-refractivity contribution is 7.89. The molecule has 8 heteroatoms. The normalized spacial score (nSPS) is 18.1. The molecular formula is C21H19ClFN3O2S. The van der Waals surface area contributed by atoms with E-state index >= 15 is 0 Å². The number of hydrogen-bond donors (Lipinski definition) is 1. The molecule has 2 aliphatic rings. The lowest BCUT2D eigenvalue weighted by Gasteiger charge is -2.45. The van der Waals surface area contributed by atoms with Gasteiger partial charge in [0.15, 0.2) is 0 Å². The fourth-order valence-electron chi connectivity index (χ4n) is 4.37. The van der Waals surface area contributed by atoms with Crippen molar-refractivity contribution in [2.24, 2.45) is 0 Å². The second-order valence-corrected chi connectivity index (χ2v) is 9.86. The highest BCUT2D eigenvalue weighted by atomic mass is 35.5. The Labute approximate surface area is 173 Å². The predicted octanol–water partition coefficient (Wildman–Crippen LogP) is 4.38. The lowest BCUT2D eigenvalue weighted by atomic mass is 9.83. The summed E-state index contributed by atoms with van der Waals surface area (Å²) in [7, 11) is -3.59. The SMILES string of the molecule is O=S(=O)(c1ccc(Cl)cc1)N1CCC2(CC1)Nc1cc(F)ccc1-n1cccc12. The van der Waals surface area contributed by atoms with E-state index in [1.54, 1.807) is 18.2 Å². The summed E-state index contributed by atoms with van der Waals surface area (Å²) in [4.78, 5) is 0.241. The monoisotopic (exact) mass is 431 g/mol. The third-order valence-electron chi connectivity index (χ3n) is 5.86. The average molecular weight is 432 g/mol. The molecule has 1 aromatic heterocycles. The van der Waals surface area contributed by atoms with Gasteiger partial charge in [0.25, 0.3) is 0 Å². The molecule has 0 saturated carbocycles. The van der Waals surface area contributed by atoms with E-state index in [-0.39, 0.29) is 10.7 Å². The van der Waals surface area contributed by atoms with Gasteiger partial charge in [-0.2, -0.15) is 4.31 Å². The van der Waals surface area contributed by atoms with Crippen LogP contribution in [0, 0.1) is 5.82 Å². The van der Waals surface area contributed by atoms with Gasteiger partial charge in [0.05, 0.1) is 21.8 Å². The number of nitrogens with one attached hydrogen (secondary N) is 1. The fraction of sp³-hybridized carbons (Fsp3) is 0.238. The molecule has 5 rings (SSSR count). The van der Waals surface area contributed by atoms with Gasteiger partial charge in [-0.25, -0.2) is 12.8 Å². The van der Waals surface area contributed by atoms with Crippen molar-refractivity contribution in [2.45, 2.75) is 23.3 Å². The summed E-state index contributed by atoms with van der Waals surface area (Å²) in [5, 5.41) is 4.01. The average Bonchev–Trinajstić information content (AvgIpc) is 3.20. The standard InChI is InChI=1S/C21H19ClFN3O2S/c22-15-3-6-17(7-4-15)29(27,28)25-12-9-21(10-13-25)20-2-1-11-26(20)19-8-5-16(23)14-18(19)24-21/h1-8,11,14,24H,9-10,12-13H2. The highest BCUT2D eigenvalue weighted by Gasteiger charge is 2.43. The highest BCUT2D eigenvalue weighted by Crippen LogP contribution is 2.44. The van der Waals surface area contributed by atoms with Crippen molar-refractivity contribution in [1.82, 2.24) is 8.87 Å². The van der Waals surface area contributed by atoms with Crippen LogP contribution < -0.4 is 5.32 Å². The van der Waals surface area contributed by atoms with Crippen LogP contribution in [0.5, 0.6) is 0 Å². The van der Waals surface area contributed by atoms with Crippen molar-refractivity contribution in [3.05, 3.63) is 77.3 Å². The number of fused-ring (bicyclic) bond motifs is 4. The van der Waals surface area contributed by atoms with Gasteiger partial charge < -0.3 is 9.88 Å². The smallest absolute Gasteiger partial charge is 0.243 e. The molecule has 0 radical (unpaired) electrons. The Hall–Kier alpha value is -2.35. The van der Waals surface area contributed by atoms with Gasteiger partial charge in [0.2, 0.25) is 10.0 Å². The zero-order valence-corrected chi connectivity index (χ0v) is 17.0. The molecule has 0 amide bonds. The van der Waals surface area contributed by atoms with Gasteiger partial charge in [-0.3, -0.25) is 0 Å². The summed E-state index contributed by atoms with van der Waals surface area (Å²) in [6.45, 7) is 0.738. The topological polar surface area (TPSA) is 54.3 Å². The lowest BCUT2D eigenvalue weighted by Crippen LogP contribution is -2.51. The molecule has 0 unspecified atom stereocenters. The van der Waals surface area contributed by atoms with E-state index in [0.717, 1.165) is 17.1 Å². The van der Waals surface area contributed by atoms with Gasteiger partial charge in [-0.1, -0.05) is 11.6 Å². The van der Waals surface area contributed by atoms with Crippen molar-refractivity contribution in [2.75, 3.05) is 18.4 Å². The molecule has 0 atom stereocenters. The minimum absolute atomic E-state index is 0.241. The van der Waals surface area contributed by atoms with Gasteiger partial charge in [0.1, 0.15) is 5.82 Å². The van der Waals surface area contributed by atoms with Crippen LogP contribution in [0.4, 0.5) is 10.1 Å². The number of anilines is 1. The number of aromatic nitrogens is 1. The zero-order valence-electron chi connectivity index (χ0n) is 15.5. The maximum atomic E-state index is 13.8. The maximum Gasteiger partial charge on any atom is 0.243 e. The van der Waals surface area contributed by atoms with E-state index in [1.165, 1.54) is 28.6 Å². The van der Waals surface area contributed by atoms with Crippen LogP contribution in [0.1, 0.15) is 18.5 Å². The number of rotatable bonds is 2. The molecule has 0 aliphatic carbocycles. The van der Waals surface area contributed by atoms with Crippen molar-refractivity contribution in [3.8, 4) is 5.69 Å². The summed E-state index contributed by atoms with van der Waals surface area (Å²) in [6, 6.07) is 14.9. The molecule has 2 aliphatic heterocycles. The lowest BCUT2D eigenvalue weighted by molar-refractivity contribution is 0.247. The molecule has 3 heterocycles. The first-order valence-electron chi connectivity index (χ1n) is 9.41. The molecule has 1 saturated heterocycles. The fourth-order valence-corrected chi connectivity index (χ4v) is 5.93. The molecule has 2 aromatic carbocycles. The quantitative estimate of drug-likeness (QED) is 0.655. The number of nitrogens with zero attached hydrogens (tertiary/aromatic N) is 2. The third-order valence-corrected chi connectivity index (χ3v) is 8.02. The van der Waals surface area contributed by atoms with Crippen molar-refractivity contribution >= 4 is 27.3 Å². The van der Waals surface area contributed by atoms with E-state index in [2.05, 4.69) is 9.88 Å². The Morgan fingerprint density at radius 1 is 1.03 bits per heavy atom. The molecule has 0 bridgehead atoms. The molecule has 5 nitrogen and oxygen atoms in total. The van der Waals surface area contributed by atoms with Gasteiger partial charge in [-0.05, 0) is 67.4 Å². The van der Waals surface area contributed by atoms with Crippen molar-refractivity contribution in [1.29, 1.82) is 0 Å². The molecule has 1 spiro atoms. The second kappa shape index (κ2) is 6.58. The van der Waals surface area contributed by atoms with E-state index in [9.17, 15) is 12.8 Å². The van der Waals surface area contributed by atoms with Crippen LogP contribution in [-0.2, 0) is 15.6 Å². The molecule has 1 N–H and O–H groups in total. The molecule has 29 heavy (non-hydrogen) atoms. The molecule has 150 valence electrons. The van der Waals surface area contributed by atoms with E-state index in [4.69, 9.17) is 11.6 Å². The molecule has 1 fully saturated rings. The number of halogens is 2. The summed E-state index contributed by atoms with van der Waals surface area (Å²) in [6.07, 6.45) is 3.13. The predicted molar refractivity (Wildman–Crippen MR) is 110 cm³/mol. The van der Waals surface area contributed by atoms with Crippen LogP contribution >= 0.6 is 11.6 Å². The summed E-state index contributed by atoms with van der Waals surface area (Å²) < 4.78 is 43.4. The summed E-state index contributed by atoms with van der Waals surface area (Å²) >= 11 is 5.89. The third kappa shape index (κ3) is 2.96. The van der Waals surface area contributed by atoms with Crippen molar-refractivity contribution in [3.63, 3.8) is 0 Å². The van der Waals surface area contributed by atoms with Gasteiger partial charge in [0, 0.05) is 30.0 Å². The first-order chi connectivity index (χ1) is 13.9. The Morgan fingerprint density at radius 3 is 2.48 bits per heavy atom. The van der Waals surface area contributed by atoms with E-state index in [0.29, 0.717) is 31.0 Å². The van der Waals surface area contributed by atoms with Gasteiger partial charge in [-0.15, -0.1) is 0 Å².